The molecule has 0 radical (unpaired) electrons. The fourth-order valence-electron chi connectivity index (χ4n) is 1.68. The molecule has 0 saturated carbocycles. The molecule has 10 heteroatoms. The van der Waals surface area contributed by atoms with E-state index in [0.29, 0.717) is 10.8 Å². The van der Waals surface area contributed by atoms with E-state index in [1.54, 1.807) is 6.92 Å². The summed E-state index contributed by atoms with van der Waals surface area (Å²) < 4.78 is 0.812. The first-order chi connectivity index (χ1) is 10.9. The lowest BCUT2D eigenvalue weighted by atomic mass is 10.1. The van der Waals surface area contributed by atoms with Gasteiger partial charge in [-0.05, 0) is 19.1 Å². The number of nitrogens with one attached hydrogen (secondary N) is 1. The number of carbonyl (C=O) groups is 1. The van der Waals surface area contributed by atoms with Gasteiger partial charge in [-0.2, -0.15) is 5.26 Å². The Bertz CT molecular complexity index is 816. The highest BCUT2D eigenvalue weighted by Crippen LogP contribution is 2.32. The minimum Gasteiger partial charge on any atom is -0.298 e. The van der Waals surface area contributed by atoms with Gasteiger partial charge in [-0.15, -0.1) is 0 Å². The van der Waals surface area contributed by atoms with Gasteiger partial charge in [0.25, 0.3) is 11.6 Å². The molecule has 0 aliphatic heterocycles. The molecule has 118 valence electrons. The smallest absolute Gasteiger partial charge is 0.283 e. The summed E-state index contributed by atoms with van der Waals surface area (Å²) in [4.78, 5) is 26.8. The standard InChI is InChI=1S/C13H9ClN4O3S2/c1-7-12(22-5-4-15)23-13(16-7)17-11(19)9-3-2-8(14)6-10(9)18(20)21/h2-3,6H,5H2,1H3,(H,16,17,19). The molecule has 0 unspecified atom stereocenters. The lowest BCUT2D eigenvalue weighted by molar-refractivity contribution is -0.385. The summed E-state index contributed by atoms with van der Waals surface area (Å²) in [5, 5.41) is 22.6. The molecular formula is C13H9ClN4O3S2. The van der Waals surface area contributed by atoms with Crippen molar-refractivity contribution in [3.8, 4) is 6.07 Å². The van der Waals surface area contributed by atoms with Crippen LogP contribution in [0.25, 0.3) is 0 Å². The molecule has 1 aromatic heterocycles. The van der Waals surface area contributed by atoms with Crippen LogP contribution in [0.5, 0.6) is 0 Å². The summed E-state index contributed by atoms with van der Waals surface area (Å²) in [7, 11) is 0. The lowest BCUT2D eigenvalue weighted by Crippen LogP contribution is -2.13. The maximum absolute atomic E-state index is 12.2. The number of carbonyl (C=O) groups excluding carboxylic acids is 1. The van der Waals surface area contributed by atoms with Crippen LogP contribution in [0.4, 0.5) is 10.8 Å². The molecular weight excluding hydrogens is 360 g/mol. The highest BCUT2D eigenvalue weighted by Gasteiger charge is 2.22. The predicted octanol–water partition coefficient (Wildman–Crippen LogP) is 3.88. The van der Waals surface area contributed by atoms with Crippen LogP contribution in [-0.2, 0) is 0 Å². The Morgan fingerprint density at radius 3 is 3.00 bits per heavy atom. The molecule has 0 atom stereocenters. The maximum Gasteiger partial charge on any atom is 0.283 e. The maximum atomic E-state index is 12.2. The Labute approximate surface area is 144 Å². The Morgan fingerprint density at radius 1 is 1.61 bits per heavy atom. The summed E-state index contributed by atoms with van der Waals surface area (Å²) in [5.74, 6) is -0.363. The van der Waals surface area contributed by atoms with E-state index in [4.69, 9.17) is 16.9 Å². The zero-order valence-electron chi connectivity index (χ0n) is 11.7. The van der Waals surface area contributed by atoms with Crippen LogP contribution in [-0.4, -0.2) is 21.6 Å². The highest BCUT2D eigenvalue weighted by atomic mass is 35.5. The van der Waals surface area contributed by atoms with Crippen molar-refractivity contribution >= 4 is 51.4 Å². The summed E-state index contributed by atoms with van der Waals surface area (Å²) in [6, 6.07) is 5.84. The number of thiazole rings is 1. The fourth-order valence-corrected chi connectivity index (χ4v) is 3.64. The quantitative estimate of drug-likeness (QED) is 0.487. The fraction of sp³-hybridized carbons (Fsp3) is 0.154. The molecule has 0 spiro atoms. The summed E-state index contributed by atoms with van der Waals surface area (Å²) >= 11 is 8.25. The molecule has 0 saturated heterocycles. The number of nitriles is 1. The molecule has 0 aliphatic rings. The van der Waals surface area contributed by atoms with E-state index in [-0.39, 0.29) is 22.0 Å². The zero-order chi connectivity index (χ0) is 17.0. The average Bonchev–Trinajstić information content (AvgIpc) is 2.84. The van der Waals surface area contributed by atoms with Gasteiger partial charge in [0.2, 0.25) is 0 Å². The van der Waals surface area contributed by atoms with Crippen LogP contribution in [0, 0.1) is 28.4 Å². The minimum absolute atomic E-state index is 0.0986. The van der Waals surface area contributed by atoms with Crippen molar-refractivity contribution in [1.29, 1.82) is 5.26 Å². The number of halogens is 1. The summed E-state index contributed by atoms with van der Waals surface area (Å²) in [6.45, 7) is 1.76. The molecule has 1 heterocycles. The largest absolute Gasteiger partial charge is 0.298 e. The first-order valence-corrected chi connectivity index (χ1v) is 8.33. The van der Waals surface area contributed by atoms with Crippen LogP contribution in [0.15, 0.2) is 22.4 Å². The lowest BCUT2D eigenvalue weighted by Gasteiger charge is -2.03. The highest BCUT2D eigenvalue weighted by molar-refractivity contribution is 8.01. The predicted molar refractivity (Wildman–Crippen MR) is 89.2 cm³/mol. The molecule has 1 aromatic carbocycles. The number of nitro groups is 1. The van der Waals surface area contributed by atoms with Gasteiger partial charge in [0, 0.05) is 11.1 Å². The Morgan fingerprint density at radius 2 is 2.35 bits per heavy atom. The van der Waals surface area contributed by atoms with E-state index in [2.05, 4.69) is 10.3 Å². The van der Waals surface area contributed by atoms with Crippen molar-refractivity contribution in [3.05, 3.63) is 44.6 Å². The van der Waals surface area contributed by atoms with Gasteiger partial charge in [-0.3, -0.25) is 20.2 Å². The van der Waals surface area contributed by atoms with Crippen molar-refractivity contribution in [3.63, 3.8) is 0 Å². The summed E-state index contributed by atoms with van der Waals surface area (Å²) in [5.41, 5.74) is 0.219. The molecule has 7 nitrogen and oxygen atoms in total. The van der Waals surface area contributed by atoms with Gasteiger partial charge in [0.15, 0.2) is 5.13 Å². The second kappa shape index (κ2) is 7.41. The average molecular weight is 369 g/mol. The van der Waals surface area contributed by atoms with Gasteiger partial charge in [0.05, 0.1) is 26.6 Å². The molecule has 1 N–H and O–H groups in total. The number of rotatable bonds is 5. The molecule has 2 rings (SSSR count). The minimum atomic E-state index is -0.665. The van der Waals surface area contributed by atoms with Gasteiger partial charge >= 0.3 is 0 Å². The Balaban J connectivity index is 2.23. The molecule has 23 heavy (non-hydrogen) atoms. The third kappa shape index (κ3) is 4.19. The monoisotopic (exact) mass is 368 g/mol. The number of thioether (sulfide) groups is 1. The number of nitrogens with zero attached hydrogens (tertiary/aromatic N) is 3. The second-order valence-electron chi connectivity index (χ2n) is 4.21. The van der Waals surface area contributed by atoms with Gasteiger partial charge in [0.1, 0.15) is 5.56 Å². The number of aromatic nitrogens is 1. The van der Waals surface area contributed by atoms with Crippen LogP contribution in [0.3, 0.4) is 0 Å². The van der Waals surface area contributed by atoms with Crippen molar-refractivity contribution in [2.24, 2.45) is 0 Å². The first kappa shape index (κ1) is 17.2. The molecule has 0 aliphatic carbocycles. The van der Waals surface area contributed by atoms with Crippen molar-refractivity contribution < 1.29 is 9.72 Å². The van der Waals surface area contributed by atoms with E-state index < -0.39 is 10.8 Å². The number of hydrogen-bond acceptors (Lipinski definition) is 7. The molecule has 0 bridgehead atoms. The SMILES string of the molecule is Cc1nc(NC(=O)c2ccc(Cl)cc2[N+](=O)[O-])sc1SCC#N. The van der Waals surface area contributed by atoms with Gasteiger partial charge in [-0.1, -0.05) is 34.7 Å². The molecule has 1 amide bonds. The second-order valence-corrected chi connectivity index (χ2v) is 6.89. The van der Waals surface area contributed by atoms with Crippen LogP contribution >= 0.6 is 34.7 Å². The Kier molecular flexibility index (Phi) is 5.54. The number of amides is 1. The topological polar surface area (TPSA) is 109 Å². The number of benzene rings is 1. The van der Waals surface area contributed by atoms with Crippen LogP contribution in [0.2, 0.25) is 5.02 Å². The normalized spacial score (nSPS) is 10.1. The number of aryl methyl sites for hydroxylation is 1. The van der Waals surface area contributed by atoms with Crippen LogP contribution in [0.1, 0.15) is 16.1 Å². The molecule has 0 fully saturated rings. The third-order valence-electron chi connectivity index (χ3n) is 2.64. The number of hydrogen-bond donors (Lipinski definition) is 1. The first-order valence-electron chi connectivity index (χ1n) is 6.15. The van der Waals surface area contributed by atoms with Gasteiger partial charge in [-0.25, -0.2) is 4.98 Å². The molecule has 2 aromatic rings. The van der Waals surface area contributed by atoms with E-state index in [0.717, 1.165) is 10.3 Å². The van der Waals surface area contributed by atoms with Crippen molar-refractivity contribution in [2.75, 3.05) is 11.1 Å². The van der Waals surface area contributed by atoms with Crippen LogP contribution < -0.4 is 5.32 Å². The van der Waals surface area contributed by atoms with Crippen molar-refractivity contribution in [1.82, 2.24) is 4.98 Å². The number of anilines is 1. The number of nitro benzene ring substituents is 1. The van der Waals surface area contributed by atoms with E-state index in [1.165, 1.54) is 35.2 Å². The van der Waals surface area contributed by atoms with Gasteiger partial charge < -0.3 is 0 Å². The summed E-state index contributed by atoms with van der Waals surface area (Å²) in [6.07, 6.45) is 0. The van der Waals surface area contributed by atoms with E-state index >= 15 is 0 Å². The third-order valence-corrected chi connectivity index (χ3v) is 5.18. The Hall–Kier alpha value is -2.15. The van der Waals surface area contributed by atoms with Crippen molar-refractivity contribution in [2.45, 2.75) is 11.1 Å². The van der Waals surface area contributed by atoms with E-state index in [9.17, 15) is 14.9 Å². The zero-order valence-corrected chi connectivity index (χ0v) is 14.1. The van der Waals surface area contributed by atoms with E-state index in [1.807, 2.05) is 6.07 Å².